The van der Waals surface area contributed by atoms with E-state index in [1.165, 1.54) is 176 Å². The molecular weight excluding hydrogens is 666 g/mol. The highest BCUT2D eigenvalue weighted by Gasteiger charge is 2.17. The van der Waals surface area contributed by atoms with Gasteiger partial charge in [-0.25, -0.2) is 0 Å². The normalized spacial score (nSPS) is 11.8. The molecule has 0 aromatic rings. The number of hydrogen-bond acceptors (Lipinski definition) is 0. The third-order valence-corrected chi connectivity index (χ3v) is 8.01. The maximum absolute atomic E-state index is 2.46. The van der Waals surface area contributed by atoms with E-state index in [0.29, 0.717) is 0 Å². The summed E-state index contributed by atoms with van der Waals surface area (Å²) in [6.45, 7) is 10.1. The zero-order chi connectivity index (χ0) is 25.4. The third-order valence-electron chi connectivity index (χ3n) is 8.01. The van der Waals surface area contributed by atoms with Gasteiger partial charge >= 0.3 is 0 Å². The van der Waals surface area contributed by atoms with Gasteiger partial charge in [0.25, 0.3) is 0 Å². The molecule has 0 atom stereocenters. The minimum atomic E-state index is 0. The minimum Gasteiger partial charge on any atom is -1.00 e. The van der Waals surface area contributed by atoms with Gasteiger partial charge in [-0.3, -0.25) is 0 Å². The fourth-order valence-electron chi connectivity index (χ4n) is 5.36. The fraction of sp³-hybridized carbons (Fsp3) is 1.00. The topological polar surface area (TPSA) is 0 Å². The highest BCUT2D eigenvalue weighted by Crippen LogP contribution is 2.14. The Morgan fingerprint density at radius 2 is 0.444 bits per heavy atom. The van der Waals surface area contributed by atoms with Crippen LogP contribution < -0.4 is 48.0 Å². The van der Waals surface area contributed by atoms with E-state index >= 15 is 0 Å². The Kier molecular flexibility index (Phi) is 34.1. The number of halogens is 2. The zero-order valence-corrected chi connectivity index (χ0v) is 30.4. The fourth-order valence-corrected chi connectivity index (χ4v) is 5.36. The molecular formula is C32H70I2N2. The van der Waals surface area contributed by atoms with Crippen LogP contribution in [-0.2, 0) is 0 Å². The molecule has 0 bridgehead atoms. The van der Waals surface area contributed by atoms with E-state index in [-0.39, 0.29) is 48.0 Å². The summed E-state index contributed by atoms with van der Waals surface area (Å²) in [4.78, 5) is 0. The Balaban J connectivity index is -0.00000544. The van der Waals surface area contributed by atoms with Gasteiger partial charge in [-0.1, -0.05) is 117 Å². The van der Waals surface area contributed by atoms with Crippen molar-refractivity contribution in [3.63, 3.8) is 0 Å². The van der Waals surface area contributed by atoms with Crippen LogP contribution in [0.1, 0.15) is 155 Å². The molecule has 0 heterocycles. The molecule has 0 rings (SSSR count). The molecule has 0 aliphatic carbocycles. The summed E-state index contributed by atoms with van der Waals surface area (Å²) >= 11 is 0. The lowest BCUT2D eigenvalue weighted by molar-refractivity contribution is -0.897. The average molecular weight is 737 g/mol. The molecule has 4 heteroatoms. The second-order valence-electron chi connectivity index (χ2n) is 12.8. The van der Waals surface area contributed by atoms with Crippen molar-refractivity contribution in [2.24, 2.45) is 0 Å². The predicted octanol–water partition coefficient (Wildman–Crippen LogP) is 3.77. The Labute approximate surface area is 264 Å². The summed E-state index contributed by atoms with van der Waals surface area (Å²) < 4.78 is 2.45. The van der Waals surface area contributed by atoms with Crippen LogP contribution in [0, 0.1) is 0 Å². The number of quaternary nitrogens is 2. The Hall–Kier alpha value is 1.38. The summed E-state index contributed by atoms with van der Waals surface area (Å²) in [6, 6.07) is 0. The van der Waals surface area contributed by atoms with E-state index in [2.05, 4.69) is 42.0 Å². The van der Waals surface area contributed by atoms with Gasteiger partial charge in [0.1, 0.15) is 0 Å². The number of nitrogens with zero attached hydrogens (tertiary/aromatic N) is 2. The SMILES string of the molecule is CCCCCCCCCCCC[N+](C)(C)CCCC[N+](C)(C)CCCCCCCCCCCC.[I-].[I-]. The van der Waals surface area contributed by atoms with Crippen molar-refractivity contribution in [1.82, 2.24) is 0 Å². The van der Waals surface area contributed by atoms with Crippen LogP contribution >= 0.6 is 0 Å². The zero-order valence-electron chi connectivity index (χ0n) is 26.0. The van der Waals surface area contributed by atoms with Crippen LogP contribution in [0.2, 0.25) is 0 Å². The van der Waals surface area contributed by atoms with Gasteiger partial charge in [-0.15, -0.1) is 0 Å². The first-order valence-corrected chi connectivity index (χ1v) is 16.0. The van der Waals surface area contributed by atoms with Crippen molar-refractivity contribution in [1.29, 1.82) is 0 Å². The van der Waals surface area contributed by atoms with E-state index in [1.807, 2.05) is 0 Å². The van der Waals surface area contributed by atoms with Gasteiger partial charge in [-0.05, 0) is 25.7 Å². The highest BCUT2D eigenvalue weighted by atomic mass is 127. The standard InChI is InChI=1S/C32H70N2.2HI/c1-7-9-11-13-15-17-19-21-23-25-29-33(3,4)31-27-28-32-34(5,6)30-26-24-22-20-18-16-14-12-10-8-2;;/h7-32H2,1-6H3;2*1H/q+2;;/p-2. The lowest BCUT2D eigenvalue weighted by Crippen LogP contribution is -3.00. The molecule has 0 aliphatic rings. The van der Waals surface area contributed by atoms with Gasteiger partial charge in [0, 0.05) is 12.8 Å². The Bertz CT molecular complexity index is 375. The van der Waals surface area contributed by atoms with Gasteiger partial charge in [0.15, 0.2) is 0 Å². The van der Waals surface area contributed by atoms with Crippen molar-refractivity contribution in [2.45, 2.75) is 155 Å². The summed E-state index contributed by atoms with van der Waals surface area (Å²) in [5.74, 6) is 0. The van der Waals surface area contributed by atoms with Crippen molar-refractivity contribution in [3.05, 3.63) is 0 Å². The highest BCUT2D eigenvalue weighted by molar-refractivity contribution is 4.50. The molecule has 0 N–H and O–H groups in total. The van der Waals surface area contributed by atoms with Crippen LogP contribution in [0.4, 0.5) is 0 Å². The van der Waals surface area contributed by atoms with E-state index in [0.717, 1.165) is 0 Å². The smallest absolute Gasteiger partial charge is 0.0784 e. The van der Waals surface area contributed by atoms with Crippen molar-refractivity contribution in [2.75, 3.05) is 54.4 Å². The van der Waals surface area contributed by atoms with Crippen LogP contribution in [0.25, 0.3) is 0 Å². The summed E-state index contributed by atoms with van der Waals surface area (Å²) in [5, 5.41) is 0. The molecule has 0 radical (unpaired) electrons. The molecule has 0 aliphatic heterocycles. The second-order valence-corrected chi connectivity index (χ2v) is 12.8. The van der Waals surface area contributed by atoms with Gasteiger partial charge in [-0.2, -0.15) is 0 Å². The van der Waals surface area contributed by atoms with Crippen LogP contribution in [0.15, 0.2) is 0 Å². The summed E-state index contributed by atoms with van der Waals surface area (Å²) in [6.07, 6.45) is 31.7. The third kappa shape index (κ3) is 31.6. The number of rotatable bonds is 27. The maximum atomic E-state index is 2.46. The van der Waals surface area contributed by atoms with Crippen LogP contribution in [0.5, 0.6) is 0 Å². The van der Waals surface area contributed by atoms with Gasteiger partial charge in [0.05, 0.1) is 54.4 Å². The second kappa shape index (κ2) is 29.4. The largest absolute Gasteiger partial charge is 1.00 e. The average Bonchev–Trinajstić information content (AvgIpc) is 2.79. The van der Waals surface area contributed by atoms with Crippen molar-refractivity contribution < 1.29 is 56.9 Å². The van der Waals surface area contributed by atoms with Crippen molar-refractivity contribution in [3.8, 4) is 0 Å². The first-order valence-electron chi connectivity index (χ1n) is 16.0. The Morgan fingerprint density at radius 1 is 0.278 bits per heavy atom. The lowest BCUT2D eigenvalue weighted by atomic mass is 10.1. The van der Waals surface area contributed by atoms with E-state index in [4.69, 9.17) is 0 Å². The van der Waals surface area contributed by atoms with Crippen LogP contribution in [-0.4, -0.2) is 63.3 Å². The summed E-state index contributed by atoms with van der Waals surface area (Å²) in [7, 11) is 9.82. The molecule has 222 valence electrons. The van der Waals surface area contributed by atoms with Crippen molar-refractivity contribution >= 4 is 0 Å². The molecule has 0 fully saturated rings. The lowest BCUT2D eigenvalue weighted by Gasteiger charge is -2.32. The molecule has 2 nitrogen and oxygen atoms in total. The molecule has 0 saturated heterocycles. The first-order chi connectivity index (χ1) is 16.3. The minimum absolute atomic E-state index is 0. The predicted molar refractivity (Wildman–Crippen MR) is 157 cm³/mol. The van der Waals surface area contributed by atoms with Gasteiger partial charge in [0.2, 0.25) is 0 Å². The first kappa shape index (κ1) is 41.9. The van der Waals surface area contributed by atoms with Crippen LogP contribution in [0.3, 0.4) is 0 Å². The van der Waals surface area contributed by atoms with E-state index in [1.54, 1.807) is 0 Å². The van der Waals surface area contributed by atoms with E-state index < -0.39 is 0 Å². The molecule has 0 aromatic carbocycles. The van der Waals surface area contributed by atoms with E-state index in [9.17, 15) is 0 Å². The summed E-state index contributed by atoms with van der Waals surface area (Å²) in [5.41, 5.74) is 0. The van der Waals surface area contributed by atoms with Gasteiger partial charge < -0.3 is 56.9 Å². The number of hydrogen-bond donors (Lipinski definition) is 0. The quantitative estimate of drug-likeness (QED) is 0.0686. The molecule has 0 aromatic heterocycles. The molecule has 36 heavy (non-hydrogen) atoms. The molecule has 0 saturated carbocycles. The molecule has 0 spiro atoms. The number of unbranched alkanes of at least 4 members (excludes halogenated alkanes) is 19. The molecule has 0 unspecified atom stereocenters. The monoisotopic (exact) mass is 736 g/mol. The maximum Gasteiger partial charge on any atom is 0.0784 e. The molecule has 0 amide bonds. The Morgan fingerprint density at radius 3 is 0.667 bits per heavy atom.